The molecule has 2 N–H and O–H groups in total. The molecule has 5 heteroatoms. The molecule has 1 heterocycles. The van der Waals surface area contributed by atoms with E-state index in [1.54, 1.807) is 7.11 Å². The standard InChI is InChI=1S/C22H38N4O/c1-4-19-7-9-20(10-8-19)11-14-24-22(23-5-2)25-21-12-16-26(17-13-21)15-6-18-27-3/h7-10,21H,4-6,11-18H2,1-3H3,(H2,23,24,25). The van der Waals surface area contributed by atoms with Crippen LogP contribution in [0.1, 0.15) is 44.2 Å². The van der Waals surface area contributed by atoms with Crippen molar-refractivity contribution in [2.75, 3.05) is 46.4 Å². The molecule has 0 radical (unpaired) electrons. The van der Waals surface area contributed by atoms with Crippen LogP contribution in [0.15, 0.2) is 29.3 Å². The molecule has 0 bridgehead atoms. The first kappa shape index (κ1) is 21.7. The summed E-state index contributed by atoms with van der Waals surface area (Å²) in [5, 5.41) is 7.03. The zero-order valence-corrected chi connectivity index (χ0v) is 17.5. The zero-order valence-electron chi connectivity index (χ0n) is 17.5. The first-order valence-corrected chi connectivity index (χ1v) is 10.6. The molecule has 0 unspecified atom stereocenters. The van der Waals surface area contributed by atoms with Gasteiger partial charge in [0.15, 0.2) is 5.96 Å². The average Bonchev–Trinajstić information content (AvgIpc) is 2.70. The summed E-state index contributed by atoms with van der Waals surface area (Å²) in [6.45, 7) is 10.3. The number of benzene rings is 1. The van der Waals surface area contributed by atoms with Crippen molar-refractivity contribution in [2.45, 2.75) is 52.0 Å². The quantitative estimate of drug-likeness (QED) is 0.376. The molecule has 27 heavy (non-hydrogen) atoms. The van der Waals surface area contributed by atoms with Crippen molar-refractivity contribution in [3.05, 3.63) is 35.4 Å². The normalized spacial score (nSPS) is 16.5. The zero-order chi connectivity index (χ0) is 19.3. The van der Waals surface area contributed by atoms with Gasteiger partial charge in [0.25, 0.3) is 0 Å². The SMILES string of the molecule is CCNC(=NCCc1ccc(CC)cc1)NC1CCN(CCCOC)CC1. The molecular weight excluding hydrogens is 336 g/mol. The maximum absolute atomic E-state index is 5.15. The van der Waals surface area contributed by atoms with E-state index in [1.807, 2.05) is 0 Å². The lowest BCUT2D eigenvalue weighted by Crippen LogP contribution is -2.49. The summed E-state index contributed by atoms with van der Waals surface area (Å²) >= 11 is 0. The number of methoxy groups -OCH3 is 1. The van der Waals surface area contributed by atoms with Gasteiger partial charge in [-0.2, -0.15) is 0 Å². The molecule has 0 atom stereocenters. The number of piperidine rings is 1. The van der Waals surface area contributed by atoms with Crippen molar-refractivity contribution < 1.29 is 4.74 Å². The number of aliphatic imine (C=N–C) groups is 1. The fourth-order valence-corrected chi connectivity index (χ4v) is 3.49. The third kappa shape index (κ3) is 8.31. The summed E-state index contributed by atoms with van der Waals surface area (Å²) in [7, 11) is 1.78. The Balaban J connectivity index is 1.74. The maximum Gasteiger partial charge on any atom is 0.191 e. The molecule has 1 aliphatic heterocycles. The van der Waals surface area contributed by atoms with Gasteiger partial charge in [0, 0.05) is 52.5 Å². The number of nitrogens with zero attached hydrogens (tertiary/aromatic N) is 2. The lowest BCUT2D eigenvalue weighted by molar-refractivity contribution is 0.155. The Morgan fingerprint density at radius 3 is 2.48 bits per heavy atom. The number of likely N-dealkylation sites (tertiary alicyclic amines) is 1. The van der Waals surface area contributed by atoms with Crippen LogP contribution in [-0.2, 0) is 17.6 Å². The number of aryl methyl sites for hydroxylation is 1. The van der Waals surface area contributed by atoms with Crippen LogP contribution in [-0.4, -0.2) is 63.3 Å². The second kappa shape index (κ2) is 12.7. The molecule has 1 saturated heterocycles. The molecule has 1 aromatic carbocycles. The van der Waals surface area contributed by atoms with Gasteiger partial charge in [-0.25, -0.2) is 0 Å². The number of rotatable bonds is 10. The predicted octanol–water partition coefficient (Wildman–Crippen LogP) is 2.85. The van der Waals surface area contributed by atoms with Gasteiger partial charge >= 0.3 is 0 Å². The van der Waals surface area contributed by atoms with Gasteiger partial charge in [-0.15, -0.1) is 0 Å². The van der Waals surface area contributed by atoms with Crippen LogP contribution in [0.25, 0.3) is 0 Å². The Labute approximate surface area is 165 Å². The predicted molar refractivity (Wildman–Crippen MR) is 115 cm³/mol. The van der Waals surface area contributed by atoms with Crippen molar-refractivity contribution in [1.29, 1.82) is 0 Å². The van der Waals surface area contributed by atoms with Crippen molar-refractivity contribution in [2.24, 2.45) is 4.99 Å². The van der Waals surface area contributed by atoms with E-state index in [-0.39, 0.29) is 0 Å². The molecule has 1 fully saturated rings. The summed E-state index contributed by atoms with van der Waals surface area (Å²) in [6, 6.07) is 9.43. The van der Waals surface area contributed by atoms with Crippen LogP contribution in [0, 0.1) is 0 Å². The first-order valence-electron chi connectivity index (χ1n) is 10.6. The van der Waals surface area contributed by atoms with Gasteiger partial charge in [-0.05, 0) is 50.2 Å². The molecule has 152 valence electrons. The van der Waals surface area contributed by atoms with Crippen molar-refractivity contribution in [1.82, 2.24) is 15.5 Å². The third-order valence-electron chi connectivity index (χ3n) is 5.20. The second-order valence-electron chi connectivity index (χ2n) is 7.29. The fraction of sp³-hybridized carbons (Fsp3) is 0.682. The Hall–Kier alpha value is -1.59. The molecule has 1 aromatic rings. The smallest absolute Gasteiger partial charge is 0.191 e. The van der Waals surface area contributed by atoms with Crippen LogP contribution >= 0.6 is 0 Å². The van der Waals surface area contributed by atoms with Gasteiger partial charge in [0.05, 0.1) is 0 Å². The van der Waals surface area contributed by atoms with E-state index in [1.165, 1.54) is 24.0 Å². The van der Waals surface area contributed by atoms with E-state index >= 15 is 0 Å². The summed E-state index contributed by atoms with van der Waals surface area (Å²) < 4.78 is 5.15. The highest BCUT2D eigenvalue weighted by Crippen LogP contribution is 2.11. The van der Waals surface area contributed by atoms with Crippen molar-refractivity contribution >= 4 is 5.96 Å². The minimum Gasteiger partial charge on any atom is -0.385 e. The molecular formula is C22H38N4O. The molecule has 1 aliphatic rings. The maximum atomic E-state index is 5.15. The molecule has 0 amide bonds. The van der Waals surface area contributed by atoms with Crippen LogP contribution in [0.5, 0.6) is 0 Å². The minimum absolute atomic E-state index is 0.519. The summed E-state index contributed by atoms with van der Waals surface area (Å²) in [5.74, 6) is 0.959. The summed E-state index contributed by atoms with van der Waals surface area (Å²) in [4.78, 5) is 7.33. The number of ether oxygens (including phenoxy) is 1. The number of nitrogens with one attached hydrogen (secondary N) is 2. The van der Waals surface area contributed by atoms with E-state index in [2.05, 4.69) is 53.6 Å². The van der Waals surface area contributed by atoms with E-state index in [0.29, 0.717) is 6.04 Å². The van der Waals surface area contributed by atoms with E-state index < -0.39 is 0 Å². The molecule has 0 saturated carbocycles. The largest absolute Gasteiger partial charge is 0.385 e. The monoisotopic (exact) mass is 374 g/mol. The van der Waals surface area contributed by atoms with Crippen LogP contribution in [0.4, 0.5) is 0 Å². The minimum atomic E-state index is 0.519. The molecule has 2 rings (SSSR count). The topological polar surface area (TPSA) is 48.9 Å². The van der Waals surface area contributed by atoms with Gasteiger partial charge in [0.1, 0.15) is 0 Å². The van der Waals surface area contributed by atoms with Crippen molar-refractivity contribution in [3.8, 4) is 0 Å². The lowest BCUT2D eigenvalue weighted by atomic mass is 10.1. The Bertz CT molecular complexity index is 536. The Morgan fingerprint density at radius 1 is 1.15 bits per heavy atom. The highest BCUT2D eigenvalue weighted by atomic mass is 16.5. The first-order chi connectivity index (χ1) is 13.2. The molecule has 0 aromatic heterocycles. The van der Waals surface area contributed by atoms with E-state index in [4.69, 9.17) is 9.73 Å². The van der Waals surface area contributed by atoms with E-state index in [0.717, 1.165) is 64.6 Å². The number of hydrogen-bond donors (Lipinski definition) is 2. The second-order valence-corrected chi connectivity index (χ2v) is 7.29. The average molecular weight is 375 g/mol. The molecule has 0 spiro atoms. The van der Waals surface area contributed by atoms with Gasteiger partial charge in [0.2, 0.25) is 0 Å². The van der Waals surface area contributed by atoms with Gasteiger partial charge in [-0.3, -0.25) is 4.99 Å². The number of guanidine groups is 1. The molecule has 5 nitrogen and oxygen atoms in total. The fourth-order valence-electron chi connectivity index (χ4n) is 3.49. The summed E-state index contributed by atoms with van der Waals surface area (Å²) in [6.07, 6.45) is 5.56. The van der Waals surface area contributed by atoms with Crippen LogP contribution in [0.3, 0.4) is 0 Å². The third-order valence-corrected chi connectivity index (χ3v) is 5.20. The van der Waals surface area contributed by atoms with Crippen LogP contribution in [0.2, 0.25) is 0 Å². The highest BCUT2D eigenvalue weighted by Gasteiger charge is 2.19. The van der Waals surface area contributed by atoms with Crippen LogP contribution < -0.4 is 10.6 Å². The lowest BCUT2D eigenvalue weighted by Gasteiger charge is -2.33. The highest BCUT2D eigenvalue weighted by molar-refractivity contribution is 5.80. The Morgan fingerprint density at radius 2 is 1.85 bits per heavy atom. The Kier molecular flexibility index (Phi) is 10.2. The van der Waals surface area contributed by atoms with Gasteiger partial charge in [-0.1, -0.05) is 31.2 Å². The molecule has 0 aliphatic carbocycles. The number of hydrogen-bond acceptors (Lipinski definition) is 3. The van der Waals surface area contributed by atoms with E-state index in [9.17, 15) is 0 Å². The van der Waals surface area contributed by atoms with Gasteiger partial charge < -0.3 is 20.3 Å². The van der Waals surface area contributed by atoms with Crippen molar-refractivity contribution in [3.63, 3.8) is 0 Å². The summed E-state index contributed by atoms with van der Waals surface area (Å²) in [5.41, 5.74) is 2.75.